The molecule has 132 valence electrons. The van der Waals surface area contributed by atoms with Crippen molar-refractivity contribution in [3.8, 4) is 0 Å². The third-order valence-electron chi connectivity index (χ3n) is 6.91. The molecule has 4 rings (SSSR count). The molecule has 0 aromatic carbocycles. The lowest BCUT2D eigenvalue weighted by Crippen LogP contribution is -2.58. The van der Waals surface area contributed by atoms with Gasteiger partial charge in [0.25, 0.3) is 0 Å². The molecule has 3 unspecified atom stereocenters. The molecule has 1 N–H and O–H groups in total. The molecule has 3 fully saturated rings. The number of esters is 2. The van der Waals surface area contributed by atoms with E-state index in [9.17, 15) is 14.7 Å². The summed E-state index contributed by atoms with van der Waals surface area (Å²) in [6, 6.07) is 0. The van der Waals surface area contributed by atoms with Gasteiger partial charge in [0.15, 0.2) is 0 Å². The normalized spacial score (nSPS) is 49.9. The molecule has 0 amide bonds. The van der Waals surface area contributed by atoms with Crippen molar-refractivity contribution in [3.63, 3.8) is 0 Å². The second-order valence-electron chi connectivity index (χ2n) is 8.91. The van der Waals surface area contributed by atoms with Gasteiger partial charge in [-0.2, -0.15) is 0 Å². The van der Waals surface area contributed by atoms with E-state index in [1.165, 1.54) is 0 Å². The average molecular weight is 334 g/mol. The molecule has 1 saturated heterocycles. The summed E-state index contributed by atoms with van der Waals surface area (Å²) in [6.07, 6.45) is 2.44. The molecular weight excluding hydrogens is 308 g/mol. The lowest BCUT2D eigenvalue weighted by atomic mass is 9.46. The molecule has 24 heavy (non-hydrogen) atoms. The highest BCUT2D eigenvalue weighted by Gasteiger charge is 2.68. The molecular formula is C19H26O5. The maximum atomic E-state index is 12.6. The van der Waals surface area contributed by atoms with Crippen molar-refractivity contribution in [2.75, 3.05) is 0 Å². The number of cyclic esters (lactones) is 1. The van der Waals surface area contributed by atoms with Crippen LogP contribution in [0, 0.1) is 28.6 Å². The van der Waals surface area contributed by atoms with Crippen molar-refractivity contribution in [2.45, 2.75) is 65.3 Å². The summed E-state index contributed by atoms with van der Waals surface area (Å²) in [5.41, 5.74) is -0.0157. The highest BCUT2D eigenvalue weighted by atomic mass is 16.6. The van der Waals surface area contributed by atoms with Crippen molar-refractivity contribution in [1.82, 2.24) is 0 Å². The van der Waals surface area contributed by atoms with Crippen LogP contribution < -0.4 is 0 Å². The Morgan fingerprint density at radius 3 is 2.50 bits per heavy atom. The maximum Gasteiger partial charge on any atom is 0.331 e. The summed E-state index contributed by atoms with van der Waals surface area (Å²) in [5, 5.41) is 10.5. The maximum absolute atomic E-state index is 12.6. The summed E-state index contributed by atoms with van der Waals surface area (Å²) < 4.78 is 11.4. The summed E-state index contributed by atoms with van der Waals surface area (Å²) in [4.78, 5) is 24.8. The monoisotopic (exact) mass is 334 g/mol. The standard InChI is InChI=1S/C19H26O5/c1-9(2)15-11-5-13-16-18(3,12(11)6-14(21)24-15)7-10(20)8-19(16,4)17(22)23-13/h6,9-11,13,15-16,20H,5,7-8H2,1-4H3/t10-,11?,13?,15+,16?,18+,19-/m0/s1. The molecule has 5 heteroatoms. The Morgan fingerprint density at radius 1 is 1.17 bits per heavy atom. The summed E-state index contributed by atoms with van der Waals surface area (Å²) in [7, 11) is 0. The van der Waals surface area contributed by atoms with Gasteiger partial charge in [-0.05, 0) is 43.1 Å². The average Bonchev–Trinajstić information content (AvgIpc) is 2.70. The molecule has 0 spiro atoms. The predicted molar refractivity (Wildman–Crippen MR) is 85.7 cm³/mol. The van der Waals surface area contributed by atoms with Gasteiger partial charge in [-0.15, -0.1) is 0 Å². The Bertz CT molecular complexity index is 638. The second-order valence-corrected chi connectivity index (χ2v) is 8.91. The van der Waals surface area contributed by atoms with Gasteiger partial charge in [-0.25, -0.2) is 4.79 Å². The van der Waals surface area contributed by atoms with E-state index in [0.717, 1.165) is 5.57 Å². The van der Waals surface area contributed by atoms with Crippen LogP contribution in [0.1, 0.15) is 47.0 Å². The minimum Gasteiger partial charge on any atom is -0.462 e. The van der Waals surface area contributed by atoms with Gasteiger partial charge in [-0.1, -0.05) is 20.8 Å². The molecule has 2 saturated carbocycles. The lowest BCUT2D eigenvalue weighted by molar-refractivity contribution is -0.157. The number of rotatable bonds is 1. The first-order valence-electron chi connectivity index (χ1n) is 8.98. The van der Waals surface area contributed by atoms with Gasteiger partial charge < -0.3 is 14.6 Å². The van der Waals surface area contributed by atoms with Crippen LogP contribution in [-0.4, -0.2) is 35.4 Å². The first-order chi connectivity index (χ1) is 11.2. The summed E-state index contributed by atoms with van der Waals surface area (Å²) in [6.45, 7) is 8.12. The topological polar surface area (TPSA) is 72.8 Å². The van der Waals surface area contributed by atoms with Crippen molar-refractivity contribution in [2.24, 2.45) is 28.6 Å². The van der Waals surface area contributed by atoms with E-state index in [1.54, 1.807) is 6.08 Å². The fraction of sp³-hybridized carbons (Fsp3) is 0.789. The van der Waals surface area contributed by atoms with Crippen molar-refractivity contribution >= 4 is 11.9 Å². The summed E-state index contributed by atoms with van der Waals surface area (Å²) in [5.74, 6) is -0.224. The van der Waals surface area contributed by atoms with E-state index in [1.807, 2.05) is 6.92 Å². The van der Waals surface area contributed by atoms with E-state index in [2.05, 4.69) is 20.8 Å². The number of hydrogen-bond acceptors (Lipinski definition) is 5. The minimum absolute atomic E-state index is 0.0158. The Kier molecular flexibility index (Phi) is 3.25. The number of ether oxygens (including phenoxy) is 2. The Morgan fingerprint density at radius 2 is 1.83 bits per heavy atom. The Hall–Kier alpha value is -1.36. The third-order valence-corrected chi connectivity index (χ3v) is 6.91. The van der Waals surface area contributed by atoms with Gasteiger partial charge in [0.05, 0.1) is 11.5 Å². The van der Waals surface area contributed by atoms with Crippen LogP contribution in [0.4, 0.5) is 0 Å². The van der Waals surface area contributed by atoms with Gasteiger partial charge in [0, 0.05) is 17.9 Å². The third kappa shape index (κ3) is 1.91. The molecule has 2 aliphatic heterocycles. The fourth-order valence-electron chi connectivity index (χ4n) is 6.22. The zero-order valence-electron chi connectivity index (χ0n) is 14.7. The lowest BCUT2D eigenvalue weighted by Gasteiger charge is -2.57. The number of hydrogen-bond donors (Lipinski definition) is 1. The van der Waals surface area contributed by atoms with Gasteiger partial charge in [0.1, 0.15) is 12.2 Å². The largest absolute Gasteiger partial charge is 0.462 e. The molecule has 4 aliphatic rings. The van der Waals surface area contributed by atoms with E-state index < -0.39 is 16.9 Å². The molecule has 2 aliphatic carbocycles. The van der Waals surface area contributed by atoms with Crippen LogP contribution >= 0.6 is 0 Å². The minimum atomic E-state index is -0.669. The van der Waals surface area contributed by atoms with Gasteiger partial charge in [0.2, 0.25) is 0 Å². The van der Waals surface area contributed by atoms with Gasteiger partial charge >= 0.3 is 11.9 Å². The van der Waals surface area contributed by atoms with Crippen LogP contribution in [0.5, 0.6) is 0 Å². The van der Waals surface area contributed by atoms with Gasteiger partial charge in [-0.3, -0.25) is 4.79 Å². The SMILES string of the molecule is CC(C)[C@H]1OC(=O)C=C2C1CC1OC(=O)[C@@]3(C)C[C@@H](O)C[C@@]2(C)C13. The fourth-order valence-corrected chi connectivity index (χ4v) is 6.22. The van der Waals surface area contributed by atoms with Crippen molar-refractivity contribution in [3.05, 3.63) is 11.6 Å². The van der Waals surface area contributed by atoms with E-state index >= 15 is 0 Å². The smallest absolute Gasteiger partial charge is 0.331 e. The van der Waals surface area contributed by atoms with Crippen LogP contribution in [0.25, 0.3) is 0 Å². The number of aliphatic hydroxyl groups excluding tert-OH is 1. The van der Waals surface area contributed by atoms with Crippen LogP contribution in [-0.2, 0) is 19.1 Å². The molecule has 0 aromatic heterocycles. The zero-order valence-corrected chi connectivity index (χ0v) is 14.7. The molecule has 2 heterocycles. The number of carbonyl (C=O) groups is 2. The highest BCUT2D eigenvalue weighted by Crippen LogP contribution is 2.66. The highest BCUT2D eigenvalue weighted by molar-refractivity contribution is 5.85. The first-order valence-corrected chi connectivity index (χ1v) is 8.98. The quantitative estimate of drug-likeness (QED) is 0.745. The van der Waals surface area contributed by atoms with E-state index in [0.29, 0.717) is 19.3 Å². The first kappa shape index (κ1) is 16.1. The van der Waals surface area contributed by atoms with Crippen LogP contribution in [0.3, 0.4) is 0 Å². The molecule has 0 bridgehead atoms. The van der Waals surface area contributed by atoms with Crippen molar-refractivity contribution in [1.29, 1.82) is 0 Å². The second kappa shape index (κ2) is 4.84. The predicted octanol–water partition coefficient (Wildman–Crippen LogP) is 2.22. The number of aliphatic hydroxyl groups is 1. The van der Waals surface area contributed by atoms with Crippen LogP contribution in [0.2, 0.25) is 0 Å². The molecule has 5 nitrogen and oxygen atoms in total. The number of carbonyl (C=O) groups excluding carboxylic acids is 2. The molecule has 7 atom stereocenters. The zero-order chi connectivity index (χ0) is 17.4. The molecule has 0 radical (unpaired) electrons. The molecule has 0 aromatic rings. The Labute approximate surface area is 142 Å². The van der Waals surface area contributed by atoms with Crippen LogP contribution in [0.15, 0.2) is 11.6 Å². The number of fused-ring (bicyclic) bond motifs is 2. The van der Waals surface area contributed by atoms with E-state index in [-0.39, 0.29) is 41.9 Å². The van der Waals surface area contributed by atoms with Crippen molar-refractivity contribution < 1.29 is 24.2 Å². The Balaban J connectivity index is 1.86. The summed E-state index contributed by atoms with van der Waals surface area (Å²) >= 11 is 0. The van der Waals surface area contributed by atoms with E-state index in [4.69, 9.17) is 9.47 Å².